The van der Waals surface area contributed by atoms with Crippen LogP contribution in [0.15, 0.2) is 18.2 Å². The zero-order valence-corrected chi connectivity index (χ0v) is 11.1. The molecule has 0 atom stereocenters. The molecule has 0 aliphatic rings. The lowest BCUT2D eigenvalue weighted by Gasteiger charge is -2.16. The van der Waals surface area contributed by atoms with Crippen molar-refractivity contribution in [1.82, 2.24) is 9.29 Å². The molecule has 0 aliphatic heterocycles. The predicted molar refractivity (Wildman–Crippen MR) is 67.9 cm³/mol. The van der Waals surface area contributed by atoms with Gasteiger partial charge in [0.25, 0.3) is 0 Å². The van der Waals surface area contributed by atoms with Crippen LogP contribution in [0.25, 0.3) is 0 Å². The third-order valence-electron chi connectivity index (χ3n) is 2.41. The summed E-state index contributed by atoms with van der Waals surface area (Å²) in [4.78, 5) is 4.28. The Balaban J connectivity index is 2.68. The molecular weight excluding hydrogens is 238 g/mol. The molecule has 0 amide bonds. The largest absolute Gasteiger partial charge is 0.330 e. The number of hydrogen-bond donors (Lipinski definition) is 1. The molecule has 2 N–H and O–H groups in total. The quantitative estimate of drug-likeness (QED) is 0.805. The summed E-state index contributed by atoms with van der Waals surface area (Å²) in [5.74, 6) is 0.0891. The van der Waals surface area contributed by atoms with Gasteiger partial charge in [-0.2, -0.15) is 4.31 Å². The van der Waals surface area contributed by atoms with Gasteiger partial charge < -0.3 is 5.73 Å². The molecule has 0 aliphatic carbocycles. The van der Waals surface area contributed by atoms with Crippen LogP contribution in [0.5, 0.6) is 0 Å². The zero-order chi connectivity index (χ0) is 12.9. The second-order valence-corrected chi connectivity index (χ2v) is 6.18. The summed E-state index contributed by atoms with van der Waals surface area (Å²) in [5.41, 5.74) is 6.95. The molecule has 0 radical (unpaired) electrons. The lowest BCUT2D eigenvalue weighted by molar-refractivity contribution is 0.460. The highest BCUT2D eigenvalue weighted by Crippen LogP contribution is 2.07. The fraction of sp³-hybridized carbons (Fsp3) is 0.545. The first-order valence-corrected chi connectivity index (χ1v) is 7.13. The van der Waals surface area contributed by atoms with Gasteiger partial charge in [-0.25, -0.2) is 8.42 Å². The van der Waals surface area contributed by atoms with Crippen molar-refractivity contribution in [2.45, 2.75) is 19.9 Å². The molecule has 0 unspecified atom stereocenters. The van der Waals surface area contributed by atoms with E-state index >= 15 is 0 Å². The van der Waals surface area contributed by atoms with Gasteiger partial charge >= 0.3 is 0 Å². The van der Waals surface area contributed by atoms with Crippen LogP contribution < -0.4 is 5.73 Å². The topological polar surface area (TPSA) is 76.3 Å². The van der Waals surface area contributed by atoms with E-state index in [1.165, 1.54) is 4.31 Å². The van der Waals surface area contributed by atoms with E-state index < -0.39 is 10.0 Å². The minimum atomic E-state index is -3.22. The summed E-state index contributed by atoms with van der Waals surface area (Å²) >= 11 is 0. The highest BCUT2D eigenvalue weighted by molar-refractivity contribution is 7.89. The average Bonchev–Trinajstić information content (AvgIpc) is 2.26. The van der Waals surface area contributed by atoms with Gasteiger partial charge in [0, 0.05) is 12.7 Å². The van der Waals surface area contributed by atoms with Gasteiger partial charge in [-0.05, 0) is 32.0 Å². The van der Waals surface area contributed by atoms with Crippen LogP contribution in [0, 0.1) is 6.92 Å². The molecule has 1 rings (SSSR count). The third-order valence-corrected chi connectivity index (χ3v) is 4.30. The molecule has 0 spiro atoms. The van der Waals surface area contributed by atoms with Gasteiger partial charge in [-0.3, -0.25) is 4.98 Å². The number of rotatable bonds is 6. The molecule has 96 valence electrons. The first kappa shape index (κ1) is 14.1. The van der Waals surface area contributed by atoms with E-state index in [4.69, 9.17) is 5.73 Å². The molecule has 0 aromatic carbocycles. The van der Waals surface area contributed by atoms with Gasteiger partial charge in [0.2, 0.25) is 10.0 Å². The molecule has 0 saturated carbocycles. The molecule has 0 fully saturated rings. The number of aryl methyl sites for hydroxylation is 1. The van der Waals surface area contributed by atoms with Crippen molar-refractivity contribution in [2.24, 2.45) is 5.73 Å². The normalized spacial score (nSPS) is 12.0. The number of hydrogen-bond acceptors (Lipinski definition) is 4. The molecule has 0 bridgehead atoms. The summed E-state index contributed by atoms with van der Waals surface area (Å²) < 4.78 is 25.0. The number of nitrogens with zero attached hydrogens (tertiary/aromatic N) is 2. The lowest BCUT2D eigenvalue weighted by Crippen LogP contribution is -2.30. The molecule has 6 heteroatoms. The average molecular weight is 257 g/mol. The SMILES string of the molecule is Cc1cccc(CN(C)S(=O)(=O)CCCN)n1. The Hall–Kier alpha value is -0.980. The van der Waals surface area contributed by atoms with E-state index in [0.717, 1.165) is 11.4 Å². The standard InChI is InChI=1S/C11H19N3O2S/c1-10-5-3-6-11(13-10)9-14(2)17(15,16)8-4-7-12/h3,5-6H,4,7-9,12H2,1-2H3. The molecule has 1 heterocycles. The van der Waals surface area contributed by atoms with Crippen LogP contribution in [0.1, 0.15) is 17.8 Å². The van der Waals surface area contributed by atoms with Crippen LogP contribution in [0.2, 0.25) is 0 Å². The van der Waals surface area contributed by atoms with Gasteiger partial charge in [0.1, 0.15) is 0 Å². The molecule has 1 aromatic rings. The van der Waals surface area contributed by atoms with E-state index in [9.17, 15) is 8.42 Å². The summed E-state index contributed by atoms with van der Waals surface area (Å²) in [6, 6.07) is 5.58. The van der Waals surface area contributed by atoms with E-state index in [-0.39, 0.29) is 5.75 Å². The van der Waals surface area contributed by atoms with Crippen molar-refractivity contribution in [3.8, 4) is 0 Å². The van der Waals surface area contributed by atoms with E-state index in [1.807, 2.05) is 25.1 Å². The van der Waals surface area contributed by atoms with Crippen molar-refractivity contribution in [3.05, 3.63) is 29.6 Å². The van der Waals surface area contributed by atoms with Crippen molar-refractivity contribution >= 4 is 10.0 Å². The Morgan fingerprint density at radius 1 is 1.41 bits per heavy atom. The third kappa shape index (κ3) is 4.41. The summed E-state index contributed by atoms with van der Waals surface area (Å²) in [7, 11) is -1.65. The van der Waals surface area contributed by atoms with Crippen molar-refractivity contribution in [3.63, 3.8) is 0 Å². The lowest BCUT2D eigenvalue weighted by atomic mass is 10.3. The second kappa shape index (κ2) is 6.09. The fourth-order valence-electron chi connectivity index (χ4n) is 1.44. The highest BCUT2D eigenvalue weighted by Gasteiger charge is 2.17. The second-order valence-electron chi connectivity index (χ2n) is 3.98. The minimum absolute atomic E-state index is 0.0891. The molecule has 17 heavy (non-hydrogen) atoms. The van der Waals surface area contributed by atoms with Crippen LogP contribution >= 0.6 is 0 Å². The first-order valence-electron chi connectivity index (χ1n) is 5.52. The number of sulfonamides is 1. The summed E-state index contributed by atoms with van der Waals surface area (Å²) in [6.07, 6.45) is 0.480. The van der Waals surface area contributed by atoms with Gasteiger partial charge in [-0.15, -0.1) is 0 Å². The van der Waals surface area contributed by atoms with E-state index in [0.29, 0.717) is 19.5 Å². The van der Waals surface area contributed by atoms with Crippen LogP contribution in [0.3, 0.4) is 0 Å². The van der Waals surface area contributed by atoms with Crippen molar-refractivity contribution in [2.75, 3.05) is 19.3 Å². The molecular formula is C11H19N3O2S. The van der Waals surface area contributed by atoms with Crippen LogP contribution in [0.4, 0.5) is 0 Å². The monoisotopic (exact) mass is 257 g/mol. The Kier molecular flexibility index (Phi) is 5.04. The van der Waals surface area contributed by atoms with Crippen molar-refractivity contribution < 1.29 is 8.42 Å². The van der Waals surface area contributed by atoms with Crippen LogP contribution in [-0.4, -0.2) is 37.1 Å². The first-order chi connectivity index (χ1) is 7.95. The number of pyridine rings is 1. The van der Waals surface area contributed by atoms with Crippen LogP contribution in [-0.2, 0) is 16.6 Å². The highest BCUT2D eigenvalue weighted by atomic mass is 32.2. The molecule has 5 nitrogen and oxygen atoms in total. The maximum absolute atomic E-state index is 11.8. The molecule has 0 saturated heterocycles. The maximum atomic E-state index is 11.8. The Labute approximate surface area is 103 Å². The summed E-state index contributed by atoms with van der Waals surface area (Å²) in [5, 5.41) is 0. The van der Waals surface area contributed by atoms with Gasteiger partial charge in [0.05, 0.1) is 18.0 Å². The predicted octanol–water partition coefficient (Wildman–Crippen LogP) is 0.500. The summed E-state index contributed by atoms with van der Waals surface area (Å²) in [6.45, 7) is 2.57. The van der Waals surface area contributed by atoms with E-state index in [2.05, 4.69) is 4.98 Å². The zero-order valence-electron chi connectivity index (χ0n) is 10.3. The van der Waals surface area contributed by atoms with E-state index in [1.54, 1.807) is 7.05 Å². The number of nitrogens with two attached hydrogens (primary N) is 1. The fourth-order valence-corrected chi connectivity index (χ4v) is 2.61. The smallest absolute Gasteiger partial charge is 0.214 e. The minimum Gasteiger partial charge on any atom is -0.330 e. The maximum Gasteiger partial charge on any atom is 0.214 e. The Morgan fingerprint density at radius 3 is 2.71 bits per heavy atom. The number of aromatic nitrogens is 1. The molecule has 1 aromatic heterocycles. The van der Waals surface area contributed by atoms with Crippen molar-refractivity contribution in [1.29, 1.82) is 0 Å². The van der Waals surface area contributed by atoms with Gasteiger partial charge in [-0.1, -0.05) is 6.07 Å². The Bertz CT molecular complexity index is 460. The van der Waals surface area contributed by atoms with Gasteiger partial charge in [0.15, 0.2) is 0 Å². The Morgan fingerprint density at radius 2 is 2.12 bits per heavy atom.